The lowest BCUT2D eigenvalue weighted by molar-refractivity contribution is -0.115. The molecule has 0 bridgehead atoms. The molecular weight excluding hydrogens is 517 g/mol. The quantitative estimate of drug-likeness (QED) is 0.179. The lowest BCUT2D eigenvalue weighted by atomic mass is 10.2. The van der Waals surface area contributed by atoms with Gasteiger partial charge in [-0.25, -0.2) is 4.98 Å². The summed E-state index contributed by atoms with van der Waals surface area (Å²) < 4.78 is 11.6. The van der Waals surface area contributed by atoms with Gasteiger partial charge in [0.25, 0.3) is 0 Å². The van der Waals surface area contributed by atoms with Crippen molar-refractivity contribution in [1.29, 1.82) is 0 Å². The summed E-state index contributed by atoms with van der Waals surface area (Å²) in [7, 11) is 0. The van der Waals surface area contributed by atoms with E-state index in [1.54, 1.807) is 48.5 Å². The van der Waals surface area contributed by atoms with E-state index < -0.39 is 5.91 Å². The monoisotopic (exact) mass is 533 g/mol. The SMILES string of the molecule is O=C(C=Cc1ccc(-c2ccc(Cl)cc2)o1)NC(=S)Nc1ccc2oc(-c3ccccc3Cl)nc2c1. The van der Waals surface area contributed by atoms with Crippen LogP contribution in [0.25, 0.3) is 40.0 Å². The highest BCUT2D eigenvalue weighted by Crippen LogP contribution is 2.30. The maximum absolute atomic E-state index is 12.3. The van der Waals surface area contributed by atoms with Crippen LogP contribution in [0.2, 0.25) is 10.0 Å². The summed E-state index contributed by atoms with van der Waals surface area (Å²) in [6, 6.07) is 23.5. The number of anilines is 1. The van der Waals surface area contributed by atoms with E-state index in [-0.39, 0.29) is 5.11 Å². The van der Waals surface area contributed by atoms with Crippen molar-refractivity contribution in [2.75, 3.05) is 5.32 Å². The van der Waals surface area contributed by atoms with Gasteiger partial charge in [0.2, 0.25) is 11.8 Å². The summed E-state index contributed by atoms with van der Waals surface area (Å²) in [5, 5.41) is 6.92. The number of nitrogens with zero attached hydrogens (tertiary/aromatic N) is 1. The first kappa shape index (κ1) is 23.8. The zero-order chi connectivity index (χ0) is 25.1. The van der Waals surface area contributed by atoms with E-state index in [2.05, 4.69) is 15.6 Å². The van der Waals surface area contributed by atoms with E-state index in [1.165, 1.54) is 6.08 Å². The van der Waals surface area contributed by atoms with Gasteiger partial charge < -0.3 is 14.2 Å². The number of thiocarbonyl (C=S) groups is 1. The second-order valence-corrected chi connectivity index (χ2v) is 8.92. The van der Waals surface area contributed by atoms with E-state index in [4.69, 9.17) is 44.3 Å². The number of carbonyl (C=O) groups excluding carboxylic acids is 1. The van der Waals surface area contributed by atoms with Crippen molar-refractivity contribution in [1.82, 2.24) is 10.3 Å². The van der Waals surface area contributed by atoms with Crippen LogP contribution in [0.3, 0.4) is 0 Å². The Morgan fingerprint density at radius 2 is 1.75 bits per heavy atom. The zero-order valence-corrected chi connectivity index (χ0v) is 20.8. The van der Waals surface area contributed by atoms with Crippen LogP contribution < -0.4 is 10.6 Å². The molecule has 0 saturated carbocycles. The number of aromatic nitrogens is 1. The predicted octanol–water partition coefficient (Wildman–Crippen LogP) is 7.59. The summed E-state index contributed by atoms with van der Waals surface area (Å²) in [5.74, 6) is 1.22. The third-order valence-electron chi connectivity index (χ3n) is 5.14. The normalized spacial score (nSPS) is 11.2. The summed E-state index contributed by atoms with van der Waals surface area (Å²) in [6.45, 7) is 0. The number of hydrogen-bond acceptors (Lipinski definition) is 5. The number of rotatable bonds is 5. The molecule has 0 fully saturated rings. The molecule has 5 rings (SSSR count). The van der Waals surface area contributed by atoms with Gasteiger partial charge in [0.05, 0.1) is 10.6 Å². The first-order valence-electron chi connectivity index (χ1n) is 10.8. The van der Waals surface area contributed by atoms with Gasteiger partial charge in [0, 0.05) is 22.3 Å². The van der Waals surface area contributed by atoms with Crippen LogP contribution in [0.1, 0.15) is 5.76 Å². The smallest absolute Gasteiger partial charge is 0.250 e. The van der Waals surface area contributed by atoms with Crippen molar-refractivity contribution in [2.24, 2.45) is 0 Å². The number of carbonyl (C=O) groups is 1. The van der Waals surface area contributed by atoms with Crippen LogP contribution in [-0.2, 0) is 4.79 Å². The largest absolute Gasteiger partial charge is 0.457 e. The third kappa shape index (κ3) is 5.49. The molecule has 1 amide bonds. The lowest BCUT2D eigenvalue weighted by Gasteiger charge is -2.07. The highest BCUT2D eigenvalue weighted by molar-refractivity contribution is 7.80. The Kier molecular flexibility index (Phi) is 6.86. The molecule has 0 atom stereocenters. The van der Waals surface area contributed by atoms with Crippen molar-refractivity contribution >= 4 is 69.3 Å². The third-order valence-corrected chi connectivity index (χ3v) is 5.93. The van der Waals surface area contributed by atoms with Gasteiger partial charge in [-0.15, -0.1) is 0 Å². The topological polar surface area (TPSA) is 80.3 Å². The van der Waals surface area contributed by atoms with Crippen molar-refractivity contribution in [3.05, 3.63) is 101 Å². The maximum atomic E-state index is 12.3. The average Bonchev–Trinajstić information content (AvgIpc) is 3.50. The minimum absolute atomic E-state index is 0.139. The molecule has 0 radical (unpaired) electrons. The Morgan fingerprint density at radius 3 is 2.56 bits per heavy atom. The summed E-state index contributed by atoms with van der Waals surface area (Å²) >= 11 is 17.4. The van der Waals surface area contributed by atoms with Crippen LogP contribution in [0.5, 0.6) is 0 Å². The molecular formula is C27H17Cl2N3O3S. The van der Waals surface area contributed by atoms with E-state index in [0.717, 1.165) is 5.56 Å². The van der Waals surface area contributed by atoms with E-state index in [9.17, 15) is 4.79 Å². The second kappa shape index (κ2) is 10.4. The first-order valence-corrected chi connectivity index (χ1v) is 11.9. The molecule has 2 heterocycles. The molecule has 6 nitrogen and oxygen atoms in total. The number of furan rings is 1. The molecule has 2 aromatic heterocycles. The standard InChI is InChI=1S/C27H17Cl2N3O3S/c28-17-7-5-16(6-8-17)23-13-10-19(34-23)11-14-25(33)32-27(36)30-18-9-12-24-22(15-18)31-26(35-24)20-3-1-2-4-21(20)29/h1-15H,(H2,30,32,33,36). The zero-order valence-electron chi connectivity index (χ0n) is 18.5. The molecule has 36 heavy (non-hydrogen) atoms. The molecule has 0 saturated heterocycles. The van der Waals surface area contributed by atoms with Crippen LogP contribution >= 0.6 is 35.4 Å². The Bertz CT molecular complexity index is 1610. The highest BCUT2D eigenvalue weighted by Gasteiger charge is 2.12. The van der Waals surface area contributed by atoms with E-state index in [0.29, 0.717) is 49.8 Å². The fourth-order valence-corrected chi connectivity index (χ4v) is 4.00. The Hall–Kier alpha value is -3.91. The number of nitrogens with one attached hydrogen (secondary N) is 2. The molecule has 9 heteroatoms. The first-order chi connectivity index (χ1) is 17.4. The Balaban J connectivity index is 1.20. The molecule has 0 aliphatic heterocycles. The van der Waals surface area contributed by atoms with Crippen molar-refractivity contribution in [2.45, 2.75) is 0 Å². The number of fused-ring (bicyclic) bond motifs is 1. The molecule has 0 aliphatic rings. The predicted molar refractivity (Wildman–Crippen MR) is 147 cm³/mol. The molecule has 0 spiro atoms. The Labute approximate surface area is 221 Å². The summed E-state index contributed by atoms with van der Waals surface area (Å²) in [5.41, 5.74) is 3.46. The number of halogens is 2. The minimum Gasteiger partial charge on any atom is -0.457 e. The highest BCUT2D eigenvalue weighted by atomic mass is 35.5. The van der Waals surface area contributed by atoms with Gasteiger partial charge >= 0.3 is 0 Å². The van der Waals surface area contributed by atoms with Crippen LogP contribution in [0, 0.1) is 0 Å². The van der Waals surface area contributed by atoms with Gasteiger partial charge in [-0.2, -0.15) is 0 Å². The van der Waals surface area contributed by atoms with Crippen molar-refractivity contribution in [3.8, 4) is 22.8 Å². The average molecular weight is 534 g/mol. The number of benzene rings is 3. The van der Waals surface area contributed by atoms with Crippen molar-refractivity contribution in [3.63, 3.8) is 0 Å². The molecule has 0 aliphatic carbocycles. The lowest BCUT2D eigenvalue weighted by Crippen LogP contribution is -2.32. The fraction of sp³-hybridized carbons (Fsp3) is 0. The second-order valence-electron chi connectivity index (χ2n) is 7.67. The van der Waals surface area contributed by atoms with E-state index in [1.807, 2.05) is 36.4 Å². The molecule has 2 N–H and O–H groups in total. The summed E-state index contributed by atoms with van der Waals surface area (Å²) in [4.78, 5) is 16.8. The molecule has 5 aromatic rings. The summed E-state index contributed by atoms with van der Waals surface area (Å²) in [6.07, 6.45) is 2.91. The van der Waals surface area contributed by atoms with Gasteiger partial charge in [-0.3, -0.25) is 10.1 Å². The van der Waals surface area contributed by atoms with Crippen LogP contribution in [0.4, 0.5) is 5.69 Å². The molecule has 3 aromatic carbocycles. The van der Waals surface area contributed by atoms with Crippen molar-refractivity contribution < 1.29 is 13.6 Å². The Morgan fingerprint density at radius 1 is 0.944 bits per heavy atom. The molecule has 0 unspecified atom stereocenters. The number of amides is 1. The minimum atomic E-state index is -0.402. The van der Waals surface area contributed by atoms with E-state index >= 15 is 0 Å². The van der Waals surface area contributed by atoms with Gasteiger partial charge in [0.1, 0.15) is 17.0 Å². The van der Waals surface area contributed by atoms with Gasteiger partial charge in [0.15, 0.2) is 10.7 Å². The fourth-order valence-electron chi connectivity index (χ4n) is 3.44. The number of oxazole rings is 1. The van der Waals surface area contributed by atoms with Gasteiger partial charge in [-0.05, 0) is 85.0 Å². The number of hydrogen-bond donors (Lipinski definition) is 2. The van der Waals surface area contributed by atoms with Crippen LogP contribution in [-0.4, -0.2) is 16.0 Å². The van der Waals surface area contributed by atoms with Crippen LogP contribution in [0.15, 0.2) is 93.8 Å². The van der Waals surface area contributed by atoms with Gasteiger partial charge in [-0.1, -0.05) is 35.3 Å². The molecule has 178 valence electrons. The maximum Gasteiger partial charge on any atom is 0.250 e.